The molecular weight excluding hydrogens is 284 g/mol. The summed E-state index contributed by atoms with van der Waals surface area (Å²) < 4.78 is 2.00. The second-order valence-corrected chi connectivity index (χ2v) is 7.03. The molecule has 2 aromatic rings. The predicted molar refractivity (Wildman–Crippen MR) is 82.9 cm³/mol. The topological polar surface area (TPSA) is 25.2 Å². The molecule has 3 aliphatic rings. The first-order chi connectivity index (χ1) is 10.2. The van der Waals surface area contributed by atoms with E-state index < -0.39 is 0 Å². The highest BCUT2D eigenvalue weighted by Gasteiger charge is 2.44. The molecule has 0 bridgehead atoms. The van der Waals surface area contributed by atoms with Crippen LogP contribution in [0.25, 0.3) is 10.9 Å². The number of aromatic nitrogens is 1. The van der Waals surface area contributed by atoms with E-state index in [2.05, 4.69) is 4.90 Å². The summed E-state index contributed by atoms with van der Waals surface area (Å²) in [5.74, 6) is 0.783. The van der Waals surface area contributed by atoms with Gasteiger partial charge in [-0.15, -0.1) is 0 Å². The van der Waals surface area contributed by atoms with Crippen molar-refractivity contribution in [3.63, 3.8) is 0 Å². The minimum absolute atomic E-state index is 0.272. The van der Waals surface area contributed by atoms with Gasteiger partial charge in [-0.1, -0.05) is 11.6 Å². The Morgan fingerprint density at radius 3 is 3.05 bits per heavy atom. The van der Waals surface area contributed by atoms with Crippen LogP contribution < -0.4 is 0 Å². The lowest BCUT2D eigenvalue weighted by Gasteiger charge is -2.46. The molecule has 4 heteroatoms. The van der Waals surface area contributed by atoms with Crippen molar-refractivity contribution in [2.75, 3.05) is 13.1 Å². The number of piperidine rings is 1. The number of carbonyl (C=O) groups is 1. The van der Waals surface area contributed by atoms with Gasteiger partial charge >= 0.3 is 0 Å². The van der Waals surface area contributed by atoms with Gasteiger partial charge in [-0.05, 0) is 55.5 Å². The molecule has 21 heavy (non-hydrogen) atoms. The van der Waals surface area contributed by atoms with Gasteiger partial charge < -0.3 is 0 Å². The van der Waals surface area contributed by atoms with E-state index in [1.54, 1.807) is 0 Å². The zero-order valence-electron chi connectivity index (χ0n) is 11.8. The van der Waals surface area contributed by atoms with E-state index in [4.69, 9.17) is 11.6 Å². The molecule has 0 N–H and O–H groups in total. The maximum absolute atomic E-state index is 12.7. The summed E-state index contributed by atoms with van der Waals surface area (Å²) in [6.45, 7) is 2.30. The van der Waals surface area contributed by atoms with Crippen LogP contribution in [0.4, 0.5) is 0 Å². The van der Waals surface area contributed by atoms with E-state index in [1.807, 2.05) is 22.8 Å². The van der Waals surface area contributed by atoms with Crippen molar-refractivity contribution in [2.24, 2.45) is 5.92 Å². The lowest BCUT2D eigenvalue weighted by molar-refractivity contribution is 0.0478. The summed E-state index contributed by atoms with van der Waals surface area (Å²) in [7, 11) is 0. The second kappa shape index (κ2) is 4.11. The molecule has 1 aromatic carbocycles. The van der Waals surface area contributed by atoms with E-state index in [9.17, 15) is 4.79 Å². The monoisotopic (exact) mass is 300 g/mol. The Morgan fingerprint density at radius 1 is 1.24 bits per heavy atom. The van der Waals surface area contributed by atoms with Crippen molar-refractivity contribution >= 4 is 28.4 Å². The van der Waals surface area contributed by atoms with Crippen LogP contribution in [0.3, 0.4) is 0 Å². The Morgan fingerprint density at radius 2 is 2.14 bits per heavy atom. The number of nitrogens with zero attached hydrogens (tertiary/aromatic N) is 2. The number of hydrogen-bond acceptors (Lipinski definition) is 2. The van der Waals surface area contributed by atoms with E-state index in [0.717, 1.165) is 23.5 Å². The van der Waals surface area contributed by atoms with Crippen LogP contribution in [0.2, 0.25) is 5.02 Å². The smallest absolute Gasteiger partial charge is 0.231 e. The van der Waals surface area contributed by atoms with Gasteiger partial charge in [0.05, 0.1) is 11.6 Å². The van der Waals surface area contributed by atoms with Gasteiger partial charge in [0.1, 0.15) is 0 Å². The highest BCUT2D eigenvalue weighted by atomic mass is 35.5. The lowest BCUT2D eigenvalue weighted by atomic mass is 9.79. The zero-order chi connectivity index (χ0) is 14.1. The SMILES string of the molecule is O=C1C[C@H]2CCCN3CCc4c(n1c1ccc(Cl)cc41)[C@@H]23. The molecule has 2 atom stereocenters. The van der Waals surface area contributed by atoms with Crippen LogP contribution in [-0.2, 0) is 6.42 Å². The maximum Gasteiger partial charge on any atom is 0.231 e. The number of rotatable bonds is 0. The van der Waals surface area contributed by atoms with Gasteiger partial charge in [0.25, 0.3) is 0 Å². The highest BCUT2D eigenvalue weighted by Crippen LogP contribution is 2.48. The molecule has 0 amide bonds. The summed E-state index contributed by atoms with van der Waals surface area (Å²) >= 11 is 6.19. The van der Waals surface area contributed by atoms with Crippen LogP contribution in [0.5, 0.6) is 0 Å². The average molecular weight is 301 g/mol. The standard InChI is InChI=1S/C17H17ClN2O/c18-11-3-4-14-13(9-11)12-5-7-19-6-1-2-10-8-15(21)20(14)17(12)16(10)19/h3-4,9-10,16H,1-2,5-8H2/t10-,16-/m1/s1. The van der Waals surface area contributed by atoms with Crippen molar-refractivity contribution in [3.8, 4) is 0 Å². The number of carbonyl (C=O) groups excluding carboxylic acids is 1. The molecule has 1 saturated heterocycles. The van der Waals surface area contributed by atoms with Crippen molar-refractivity contribution in [3.05, 3.63) is 34.5 Å². The molecule has 1 aromatic heterocycles. The molecule has 0 radical (unpaired) electrons. The fourth-order valence-corrected chi connectivity index (χ4v) is 4.95. The first-order valence-electron chi connectivity index (χ1n) is 7.84. The summed E-state index contributed by atoms with van der Waals surface area (Å²) in [5, 5.41) is 1.95. The van der Waals surface area contributed by atoms with Gasteiger partial charge in [-0.25, -0.2) is 0 Å². The van der Waals surface area contributed by atoms with Crippen LogP contribution >= 0.6 is 11.6 Å². The van der Waals surface area contributed by atoms with E-state index in [-0.39, 0.29) is 5.91 Å². The molecule has 0 aliphatic carbocycles. The largest absolute Gasteiger partial charge is 0.294 e. The molecular formula is C17H17ClN2O. The third-order valence-corrected chi connectivity index (χ3v) is 5.79. The summed E-state index contributed by atoms with van der Waals surface area (Å²) in [6, 6.07) is 6.41. The third kappa shape index (κ3) is 1.51. The third-order valence-electron chi connectivity index (χ3n) is 5.55. The Hall–Kier alpha value is -1.32. The number of halogens is 1. The molecule has 0 saturated carbocycles. The van der Waals surface area contributed by atoms with Crippen molar-refractivity contribution < 1.29 is 4.79 Å². The average Bonchev–Trinajstić information content (AvgIpc) is 2.81. The molecule has 5 rings (SSSR count). The maximum atomic E-state index is 12.7. The van der Waals surface area contributed by atoms with E-state index >= 15 is 0 Å². The fraction of sp³-hybridized carbons (Fsp3) is 0.471. The summed E-state index contributed by atoms with van der Waals surface area (Å²) in [6.07, 6.45) is 4.15. The van der Waals surface area contributed by atoms with Crippen molar-refractivity contribution in [2.45, 2.75) is 31.7 Å². The van der Waals surface area contributed by atoms with Crippen LogP contribution in [0, 0.1) is 5.92 Å². The zero-order valence-corrected chi connectivity index (χ0v) is 12.6. The number of benzene rings is 1. The quantitative estimate of drug-likeness (QED) is 0.742. The molecule has 4 heterocycles. The predicted octanol–water partition coefficient (Wildman–Crippen LogP) is 3.65. The van der Waals surface area contributed by atoms with Gasteiger partial charge in [0, 0.05) is 29.1 Å². The Balaban J connectivity index is 1.87. The minimum Gasteiger partial charge on any atom is -0.294 e. The Bertz CT molecular complexity index is 779. The number of fused-ring (bicyclic) bond motifs is 3. The second-order valence-electron chi connectivity index (χ2n) is 6.59. The van der Waals surface area contributed by atoms with Gasteiger partial charge in [0.2, 0.25) is 5.91 Å². The Labute approximate surface area is 128 Å². The Kier molecular flexibility index (Phi) is 2.40. The lowest BCUT2D eigenvalue weighted by Crippen LogP contribution is -2.47. The molecule has 3 nitrogen and oxygen atoms in total. The highest BCUT2D eigenvalue weighted by molar-refractivity contribution is 6.31. The van der Waals surface area contributed by atoms with Crippen LogP contribution in [0.1, 0.15) is 41.4 Å². The molecule has 0 spiro atoms. The first kappa shape index (κ1) is 12.2. The first-order valence-corrected chi connectivity index (χ1v) is 8.22. The van der Waals surface area contributed by atoms with E-state index in [0.29, 0.717) is 18.4 Å². The van der Waals surface area contributed by atoms with Crippen molar-refractivity contribution in [1.82, 2.24) is 9.47 Å². The van der Waals surface area contributed by atoms with Crippen molar-refractivity contribution in [1.29, 1.82) is 0 Å². The molecule has 108 valence electrons. The van der Waals surface area contributed by atoms with Gasteiger partial charge in [0.15, 0.2) is 0 Å². The summed E-state index contributed by atoms with van der Waals surface area (Å²) in [5.41, 5.74) is 3.70. The molecule has 1 fully saturated rings. The van der Waals surface area contributed by atoms with Gasteiger partial charge in [-0.2, -0.15) is 0 Å². The number of hydrogen-bond donors (Lipinski definition) is 0. The fourth-order valence-electron chi connectivity index (χ4n) is 4.77. The summed E-state index contributed by atoms with van der Waals surface area (Å²) in [4.78, 5) is 15.3. The minimum atomic E-state index is 0.272. The molecule has 3 aliphatic heterocycles. The van der Waals surface area contributed by atoms with Crippen LogP contribution in [0.15, 0.2) is 18.2 Å². The van der Waals surface area contributed by atoms with E-state index in [1.165, 1.54) is 36.0 Å². The van der Waals surface area contributed by atoms with Crippen LogP contribution in [-0.4, -0.2) is 28.5 Å². The molecule has 0 unspecified atom stereocenters. The normalized spacial score (nSPS) is 28.0. The van der Waals surface area contributed by atoms with Gasteiger partial charge in [-0.3, -0.25) is 14.3 Å².